The zero-order chi connectivity index (χ0) is 13.7. The van der Waals surface area contributed by atoms with Gasteiger partial charge >= 0.3 is 5.97 Å². The number of ether oxygens (including phenoxy) is 1. The highest BCUT2D eigenvalue weighted by molar-refractivity contribution is 7.99. The zero-order valence-electron chi connectivity index (χ0n) is 11.4. The minimum atomic E-state index is -0.268. The Kier molecular flexibility index (Phi) is 5.51. The molecule has 0 atom stereocenters. The lowest BCUT2D eigenvalue weighted by Crippen LogP contribution is -2.19. The molecule has 6 heteroatoms. The Morgan fingerprint density at radius 3 is 2.89 bits per heavy atom. The number of hydrogen-bond acceptors (Lipinski definition) is 6. The van der Waals surface area contributed by atoms with Crippen molar-refractivity contribution < 1.29 is 9.53 Å². The van der Waals surface area contributed by atoms with Gasteiger partial charge in [-0.15, -0.1) is 0 Å². The van der Waals surface area contributed by atoms with Gasteiger partial charge in [-0.2, -0.15) is 16.1 Å². The molecule has 1 aliphatic heterocycles. The molecular formula is C13H20N2O2S2. The topological polar surface area (TPSA) is 51.2 Å². The first-order valence-corrected chi connectivity index (χ1v) is 8.60. The Labute approximate surface area is 122 Å². The lowest BCUT2D eigenvalue weighted by Gasteiger charge is -2.21. The maximum atomic E-state index is 11.9. The third-order valence-electron chi connectivity index (χ3n) is 3.23. The van der Waals surface area contributed by atoms with Crippen molar-refractivity contribution in [3.05, 3.63) is 11.3 Å². The van der Waals surface area contributed by atoms with Gasteiger partial charge in [0.15, 0.2) is 0 Å². The van der Waals surface area contributed by atoms with Crippen LogP contribution in [-0.4, -0.2) is 35.0 Å². The number of carbonyl (C=O) groups excluding carboxylic acids is 1. The Morgan fingerprint density at radius 2 is 2.21 bits per heavy atom. The Hall–Kier alpha value is -0.750. The van der Waals surface area contributed by atoms with Crippen molar-refractivity contribution in [2.24, 2.45) is 5.92 Å². The number of aryl methyl sites for hydroxylation is 1. The number of esters is 1. The number of nitrogens with one attached hydrogen (secondary N) is 1. The van der Waals surface area contributed by atoms with Crippen LogP contribution < -0.4 is 5.32 Å². The first-order valence-electron chi connectivity index (χ1n) is 6.67. The fourth-order valence-electron chi connectivity index (χ4n) is 2.12. The van der Waals surface area contributed by atoms with Crippen LogP contribution in [0.5, 0.6) is 0 Å². The summed E-state index contributed by atoms with van der Waals surface area (Å²) in [6.45, 7) is 4.99. The summed E-state index contributed by atoms with van der Waals surface area (Å²) in [5.74, 6) is 2.94. The summed E-state index contributed by atoms with van der Waals surface area (Å²) in [5, 5.41) is 4.24. The molecule has 0 amide bonds. The van der Waals surface area contributed by atoms with Gasteiger partial charge in [0.1, 0.15) is 10.6 Å². The standard InChI is InChI=1S/C13H20N2O2S2/c1-3-17-13(16)11-9(2)15-19-12(11)14-8-10-4-6-18-7-5-10/h10,14H,3-8H2,1-2H3. The number of carbonyl (C=O) groups is 1. The number of thioether (sulfide) groups is 1. The number of hydrogen-bond donors (Lipinski definition) is 1. The number of nitrogens with zero attached hydrogens (tertiary/aromatic N) is 1. The zero-order valence-corrected chi connectivity index (χ0v) is 13.0. The maximum absolute atomic E-state index is 11.9. The molecule has 106 valence electrons. The smallest absolute Gasteiger partial charge is 0.343 e. The van der Waals surface area contributed by atoms with Gasteiger partial charge in [-0.1, -0.05) is 0 Å². The molecule has 19 heavy (non-hydrogen) atoms. The van der Waals surface area contributed by atoms with Gasteiger partial charge in [0, 0.05) is 6.54 Å². The molecule has 0 unspecified atom stereocenters. The summed E-state index contributed by atoms with van der Waals surface area (Å²) in [5.41, 5.74) is 1.36. The number of anilines is 1. The van der Waals surface area contributed by atoms with E-state index in [0.717, 1.165) is 17.2 Å². The molecule has 0 aliphatic carbocycles. The first-order chi connectivity index (χ1) is 9.22. The normalized spacial score (nSPS) is 16.3. The molecule has 0 spiro atoms. The van der Waals surface area contributed by atoms with Crippen LogP contribution >= 0.6 is 23.3 Å². The van der Waals surface area contributed by atoms with Gasteiger partial charge in [0.05, 0.1) is 12.3 Å². The minimum absolute atomic E-state index is 0.268. The molecule has 0 bridgehead atoms. The highest BCUT2D eigenvalue weighted by atomic mass is 32.2. The van der Waals surface area contributed by atoms with E-state index in [1.807, 2.05) is 25.6 Å². The van der Waals surface area contributed by atoms with E-state index in [0.29, 0.717) is 18.1 Å². The van der Waals surface area contributed by atoms with E-state index in [4.69, 9.17) is 4.74 Å². The van der Waals surface area contributed by atoms with Crippen molar-refractivity contribution in [2.45, 2.75) is 26.7 Å². The molecule has 4 nitrogen and oxygen atoms in total. The van der Waals surface area contributed by atoms with Crippen LogP contribution in [0.2, 0.25) is 0 Å². The second-order valence-corrected chi connectivity index (χ2v) is 6.63. The summed E-state index contributed by atoms with van der Waals surface area (Å²) >= 11 is 3.38. The lowest BCUT2D eigenvalue weighted by atomic mass is 10.0. The third-order valence-corrected chi connectivity index (χ3v) is 5.18. The van der Waals surface area contributed by atoms with E-state index in [9.17, 15) is 4.79 Å². The molecule has 2 heterocycles. The van der Waals surface area contributed by atoms with Gasteiger partial charge in [-0.25, -0.2) is 4.79 Å². The lowest BCUT2D eigenvalue weighted by molar-refractivity contribution is 0.0527. The monoisotopic (exact) mass is 300 g/mol. The van der Waals surface area contributed by atoms with Crippen LogP contribution in [0.1, 0.15) is 35.8 Å². The summed E-state index contributed by atoms with van der Waals surface area (Å²) in [6, 6.07) is 0. The van der Waals surface area contributed by atoms with Crippen LogP contribution in [0.25, 0.3) is 0 Å². The second kappa shape index (κ2) is 7.14. The summed E-state index contributed by atoms with van der Waals surface area (Å²) in [7, 11) is 0. The summed E-state index contributed by atoms with van der Waals surface area (Å²) < 4.78 is 9.34. The summed E-state index contributed by atoms with van der Waals surface area (Å²) in [4.78, 5) is 11.9. The van der Waals surface area contributed by atoms with Crippen LogP contribution in [0.3, 0.4) is 0 Å². The number of rotatable bonds is 5. The van der Waals surface area contributed by atoms with E-state index >= 15 is 0 Å². The predicted octanol–water partition coefficient (Wildman–Crippen LogP) is 3.18. The third kappa shape index (κ3) is 3.86. The van der Waals surface area contributed by atoms with Crippen molar-refractivity contribution in [3.8, 4) is 0 Å². The van der Waals surface area contributed by atoms with Crippen LogP contribution in [-0.2, 0) is 4.74 Å². The van der Waals surface area contributed by atoms with Gasteiger partial charge in [0.25, 0.3) is 0 Å². The largest absolute Gasteiger partial charge is 0.462 e. The quantitative estimate of drug-likeness (QED) is 0.846. The van der Waals surface area contributed by atoms with Crippen LogP contribution in [0.15, 0.2) is 0 Å². The van der Waals surface area contributed by atoms with Gasteiger partial charge in [-0.05, 0) is 55.6 Å². The molecule has 1 N–H and O–H groups in total. The molecule has 1 saturated heterocycles. The van der Waals surface area contributed by atoms with Gasteiger partial charge in [0.2, 0.25) is 0 Å². The van der Waals surface area contributed by atoms with Crippen LogP contribution in [0, 0.1) is 12.8 Å². The SMILES string of the molecule is CCOC(=O)c1c(C)nsc1NCC1CCSCC1. The molecular weight excluding hydrogens is 280 g/mol. The fourth-order valence-corrected chi connectivity index (χ4v) is 4.12. The average molecular weight is 300 g/mol. The van der Waals surface area contributed by atoms with Crippen molar-refractivity contribution in [1.29, 1.82) is 0 Å². The highest BCUT2D eigenvalue weighted by Gasteiger charge is 2.21. The van der Waals surface area contributed by atoms with E-state index in [2.05, 4.69) is 9.69 Å². The van der Waals surface area contributed by atoms with E-state index in [-0.39, 0.29) is 5.97 Å². The van der Waals surface area contributed by atoms with E-state index in [1.54, 1.807) is 0 Å². The summed E-state index contributed by atoms with van der Waals surface area (Å²) in [6.07, 6.45) is 2.51. The molecule has 1 aromatic heterocycles. The first kappa shape index (κ1) is 14.7. The Bertz CT molecular complexity index is 428. The van der Waals surface area contributed by atoms with Crippen molar-refractivity contribution in [1.82, 2.24) is 4.37 Å². The van der Waals surface area contributed by atoms with Crippen molar-refractivity contribution >= 4 is 34.3 Å². The molecule has 2 rings (SSSR count). The van der Waals surface area contributed by atoms with E-state index in [1.165, 1.54) is 35.9 Å². The van der Waals surface area contributed by atoms with Crippen LogP contribution in [0.4, 0.5) is 5.00 Å². The van der Waals surface area contributed by atoms with Gasteiger partial charge in [-0.3, -0.25) is 0 Å². The molecule has 1 fully saturated rings. The van der Waals surface area contributed by atoms with E-state index < -0.39 is 0 Å². The van der Waals surface area contributed by atoms with Crippen molar-refractivity contribution in [2.75, 3.05) is 30.0 Å². The second-order valence-electron chi connectivity index (χ2n) is 4.63. The van der Waals surface area contributed by atoms with Crippen molar-refractivity contribution in [3.63, 3.8) is 0 Å². The number of aromatic nitrogens is 1. The molecule has 1 aromatic rings. The molecule has 1 aliphatic rings. The highest BCUT2D eigenvalue weighted by Crippen LogP contribution is 2.28. The molecule has 0 radical (unpaired) electrons. The Morgan fingerprint density at radius 1 is 1.47 bits per heavy atom. The molecule has 0 saturated carbocycles. The minimum Gasteiger partial charge on any atom is -0.462 e. The van der Waals surface area contributed by atoms with Gasteiger partial charge < -0.3 is 10.1 Å². The predicted molar refractivity (Wildman–Crippen MR) is 81.3 cm³/mol. The maximum Gasteiger partial charge on any atom is 0.343 e. The average Bonchev–Trinajstić information content (AvgIpc) is 2.79. The fraction of sp³-hybridized carbons (Fsp3) is 0.692. The Balaban J connectivity index is 1.97. The molecule has 0 aromatic carbocycles.